The highest BCUT2D eigenvalue weighted by Gasteiger charge is 2.12. The van der Waals surface area contributed by atoms with Gasteiger partial charge < -0.3 is 5.73 Å². The minimum Gasteiger partial charge on any atom is -0.328 e. The van der Waals surface area contributed by atoms with Crippen LogP contribution in [0.1, 0.15) is 25.7 Å². The number of nitrogens with two attached hydrogens (primary N) is 1. The summed E-state index contributed by atoms with van der Waals surface area (Å²) in [5.74, 6) is 0. The Morgan fingerprint density at radius 2 is 2.09 bits per heavy atom. The van der Waals surface area contributed by atoms with Crippen LogP contribution in [0.15, 0.2) is 11.0 Å². The summed E-state index contributed by atoms with van der Waals surface area (Å²) in [6.45, 7) is 0. The largest absolute Gasteiger partial charge is 0.328 e. The third kappa shape index (κ3) is 3.16. The molecule has 0 aromatic heterocycles. The lowest BCUT2D eigenvalue weighted by Gasteiger charge is -2.19. The van der Waals surface area contributed by atoms with Crippen molar-refractivity contribution in [1.82, 2.24) is 0 Å². The molecule has 0 radical (unpaired) electrons. The molecule has 0 bridgehead atoms. The zero-order chi connectivity index (χ0) is 8.27. The molecule has 1 atom stereocenters. The SMILES string of the molecule is CS(=O)C=C1CCC(N)CC1. The minimum atomic E-state index is -0.777. The first-order chi connectivity index (χ1) is 5.18. The van der Waals surface area contributed by atoms with Gasteiger partial charge in [-0.25, -0.2) is 0 Å². The van der Waals surface area contributed by atoms with E-state index in [9.17, 15) is 4.21 Å². The summed E-state index contributed by atoms with van der Waals surface area (Å²) in [5, 5.41) is 1.87. The molecule has 2 nitrogen and oxygen atoms in total. The first-order valence-electron chi connectivity index (χ1n) is 3.96. The number of hydrogen-bond acceptors (Lipinski definition) is 2. The summed E-state index contributed by atoms with van der Waals surface area (Å²) in [7, 11) is -0.777. The first-order valence-corrected chi connectivity index (χ1v) is 5.58. The highest BCUT2D eigenvalue weighted by molar-refractivity contribution is 7.87. The van der Waals surface area contributed by atoms with Crippen LogP contribution in [0.3, 0.4) is 0 Å². The number of hydrogen-bond donors (Lipinski definition) is 1. The van der Waals surface area contributed by atoms with Crippen molar-refractivity contribution in [3.63, 3.8) is 0 Å². The average molecular weight is 173 g/mol. The second-order valence-corrected chi connectivity index (χ2v) is 4.35. The van der Waals surface area contributed by atoms with Crippen LogP contribution in [0.5, 0.6) is 0 Å². The molecule has 64 valence electrons. The molecule has 1 unspecified atom stereocenters. The van der Waals surface area contributed by atoms with Gasteiger partial charge in [0.25, 0.3) is 0 Å². The predicted octanol–water partition coefficient (Wildman–Crippen LogP) is 1.15. The van der Waals surface area contributed by atoms with Gasteiger partial charge in [0.1, 0.15) is 0 Å². The summed E-state index contributed by atoms with van der Waals surface area (Å²) < 4.78 is 10.8. The van der Waals surface area contributed by atoms with E-state index in [-0.39, 0.29) is 0 Å². The van der Waals surface area contributed by atoms with Gasteiger partial charge >= 0.3 is 0 Å². The fourth-order valence-electron chi connectivity index (χ4n) is 1.36. The van der Waals surface area contributed by atoms with Crippen molar-refractivity contribution < 1.29 is 4.21 Å². The molecule has 3 heteroatoms. The second-order valence-electron chi connectivity index (χ2n) is 3.11. The van der Waals surface area contributed by atoms with Crippen LogP contribution in [0, 0.1) is 0 Å². The van der Waals surface area contributed by atoms with E-state index < -0.39 is 10.8 Å². The summed E-state index contributed by atoms with van der Waals surface area (Å²) in [6.07, 6.45) is 5.91. The highest BCUT2D eigenvalue weighted by atomic mass is 32.2. The normalized spacial score (nSPS) is 28.2. The zero-order valence-corrected chi connectivity index (χ0v) is 7.69. The Morgan fingerprint density at radius 1 is 1.55 bits per heavy atom. The summed E-state index contributed by atoms with van der Waals surface area (Å²) in [5.41, 5.74) is 7.05. The Hall–Kier alpha value is -0.150. The maximum atomic E-state index is 10.8. The standard InChI is InChI=1S/C8H15NOS/c1-11(10)6-7-2-4-8(9)5-3-7/h6,8H,2-5,9H2,1H3. The lowest BCUT2D eigenvalue weighted by molar-refractivity contribution is 0.512. The van der Waals surface area contributed by atoms with Gasteiger partial charge in [-0.05, 0) is 25.7 Å². The molecule has 11 heavy (non-hydrogen) atoms. The highest BCUT2D eigenvalue weighted by Crippen LogP contribution is 2.22. The summed E-state index contributed by atoms with van der Waals surface area (Å²) >= 11 is 0. The van der Waals surface area contributed by atoms with E-state index in [1.165, 1.54) is 5.57 Å². The third-order valence-corrected chi connectivity index (χ3v) is 2.67. The maximum absolute atomic E-state index is 10.8. The van der Waals surface area contributed by atoms with Gasteiger partial charge in [0, 0.05) is 28.5 Å². The van der Waals surface area contributed by atoms with Crippen LogP contribution in [0.4, 0.5) is 0 Å². The third-order valence-electron chi connectivity index (χ3n) is 2.01. The maximum Gasteiger partial charge on any atom is 0.0424 e. The number of rotatable bonds is 1. The Labute approximate surface area is 70.3 Å². The molecule has 0 heterocycles. The van der Waals surface area contributed by atoms with Crippen molar-refractivity contribution in [1.29, 1.82) is 0 Å². The van der Waals surface area contributed by atoms with Crippen molar-refractivity contribution in [3.05, 3.63) is 11.0 Å². The molecule has 1 aliphatic rings. The van der Waals surface area contributed by atoms with Gasteiger partial charge in [-0.3, -0.25) is 4.21 Å². The molecule has 0 aliphatic heterocycles. The topological polar surface area (TPSA) is 43.1 Å². The van der Waals surface area contributed by atoms with Crippen LogP contribution in [0.25, 0.3) is 0 Å². The predicted molar refractivity (Wildman–Crippen MR) is 48.6 cm³/mol. The van der Waals surface area contributed by atoms with Crippen molar-refractivity contribution in [3.8, 4) is 0 Å². The van der Waals surface area contributed by atoms with Crippen molar-refractivity contribution >= 4 is 10.8 Å². The van der Waals surface area contributed by atoms with Crippen molar-refractivity contribution in [2.24, 2.45) is 5.73 Å². The van der Waals surface area contributed by atoms with Crippen LogP contribution in [-0.4, -0.2) is 16.5 Å². The van der Waals surface area contributed by atoms with Crippen molar-refractivity contribution in [2.45, 2.75) is 31.7 Å². The van der Waals surface area contributed by atoms with E-state index >= 15 is 0 Å². The number of allylic oxidation sites excluding steroid dienone is 1. The quantitative estimate of drug-likeness (QED) is 0.646. The van der Waals surface area contributed by atoms with Gasteiger partial charge in [-0.15, -0.1) is 0 Å². The van der Waals surface area contributed by atoms with E-state index in [0.717, 1.165) is 25.7 Å². The molecule has 1 fully saturated rings. The lowest BCUT2D eigenvalue weighted by atomic mass is 9.93. The Morgan fingerprint density at radius 3 is 2.55 bits per heavy atom. The van der Waals surface area contributed by atoms with E-state index in [0.29, 0.717) is 6.04 Å². The molecular formula is C8H15NOS. The fourth-order valence-corrected chi connectivity index (χ4v) is 2.07. The molecule has 1 rings (SSSR count). The molecule has 0 aromatic carbocycles. The Balaban J connectivity index is 2.45. The van der Waals surface area contributed by atoms with Crippen LogP contribution >= 0.6 is 0 Å². The van der Waals surface area contributed by atoms with Gasteiger partial charge in [0.15, 0.2) is 0 Å². The molecular weight excluding hydrogens is 158 g/mol. The van der Waals surface area contributed by atoms with Crippen LogP contribution in [-0.2, 0) is 10.8 Å². The van der Waals surface area contributed by atoms with E-state index in [1.54, 1.807) is 6.26 Å². The molecule has 1 aliphatic carbocycles. The van der Waals surface area contributed by atoms with Crippen LogP contribution < -0.4 is 5.73 Å². The zero-order valence-electron chi connectivity index (χ0n) is 6.88. The van der Waals surface area contributed by atoms with Gasteiger partial charge in [0.05, 0.1) is 0 Å². The average Bonchev–Trinajstić information content (AvgIpc) is 1.93. The van der Waals surface area contributed by atoms with E-state index in [2.05, 4.69) is 0 Å². The monoisotopic (exact) mass is 173 g/mol. The molecule has 0 saturated heterocycles. The second kappa shape index (κ2) is 4.02. The molecule has 0 spiro atoms. The molecule has 1 saturated carbocycles. The molecule has 2 N–H and O–H groups in total. The van der Waals surface area contributed by atoms with Crippen molar-refractivity contribution in [2.75, 3.05) is 6.26 Å². The molecule has 0 aromatic rings. The Bertz CT molecular complexity index is 179. The fraction of sp³-hybridized carbons (Fsp3) is 0.750. The smallest absolute Gasteiger partial charge is 0.0424 e. The summed E-state index contributed by atoms with van der Waals surface area (Å²) in [6, 6.07) is 0.373. The lowest BCUT2D eigenvalue weighted by Crippen LogP contribution is -2.23. The van der Waals surface area contributed by atoms with E-state index in [4.69, 9.17) is 5.73 Å². The minimum absolute atomic E-state index is 0.373. The van der Waals surface area contributed by atoms with E-state index in [1.807, 2.05) is 5.41 Å². The van der Waals surface area contributed by atoms with Gasteiger partial charge in [-0.1, -0.05) is 5.57 Å². The summed E-state index contributed by atoms with van der Waals surface area (Å²) in [4.78, 5) is 0. The van der Waals surface area contributed by atoms with Gasteiger partial charge in [0.2, 0.25) is 0 Å². The first kappa shape index (κ1) is 8.94. The van der Waals surface area contributed by atoms with Crippen LogP contribution in [0.2, 0.25) is 0 Å². The molecule has 0 amide bonds. The Kier molecular flexibility index (Phi) is 3.27. The van der Waals surface area contributed by atoms with Gasteiger partial charge in [-0.2, -0.15) is 0 Å².